The Morgan fingerprint density at radius 1 is 1.23 bits per heavy atom. The Bertz CT molecular complexity index is 936. The highest BCUT2D eigenvalue weighted by Gasteiger charge is 2.38. The molecule has 6 rings (SSSR count). The van der Waals surface area contributed by atoms with Crippen LogP contribution in [0.2, 0.25) is 0 Å². The highest BCUT2D eigenvalue weighted by atomic mass is 79.9. The third-order valence-corrected chi connectivity index (χ3v) is 8.43. The molecular weight excluding hydrogens is 444 g/mol. The summed E-state index contributed by atoms with van der Waals surface area (Å²) >= 11 is 3.65. The third-order valence-electron chi connectivity index (χ3n) is 7.77. The van der Waals surface area contributed by atoms with Gasteiger partial charge in [-0.05, 0) is 62.0 Å². The van der Waals surface area contributed by atoms with Crippen molar-refractivity contribution in [3.63, 3.8) is 0 Å². The standard InChI is InChI=1S/C24H31BrN2O3/c25-19-4-1-5-20-21(19)18(13-27(20)12-11-24(29)15-30-16-24)22(28)26-14-23-8-2-3-17(6-9-23)7-10-23/h1,4-5,13,17,29H,2-3,6-12,14-16H2,(H,26,28). The van der Waals surface area contributed by atoms with Gasteiger partial charge in [-0.2, -0.15) is 0 Å². The average Bonchev–Trinajstić information content (AvgIpc) is 2.86. The minimum absolute atomic E-state index is 0.0112. The van der Waals surface area contributed by atoms with Crippen molar-refractivity contribution < 1.29 is 14.6 Å². The molecule has 0 unspecified atom stereocenters. The topological polar surface area (TPSA) is 63.5 Å². The minimum Gasteiger partial charge on any atom is -0.385 e. The van der Waals surface area contributed by atoms with Gasteiger partial charge in [0.2, 0.25) is 0 Å². The lowest BCUT2D eigenvalue weighted by molar-refractivity contribution is -0.182. The SMILES string of the molecule is O=C(NCC12CCCC(CC1)CC2)c1cn(CCC2(O)COC2)c2cccc(Br)c12. The zero-order chi connectivity index (χ0) is 20.8. The summed E-state index contributed by atoms with van der Waals surface area (Å²) in [7, 11) is 0. The number of aliphatic hydroxyl groups is 1. The molecule has 4 fully saturated rings. The van der Waals surface area contributed by atoms with E-state index in [2.05, 4.69) is 25.8 Å². The van der Waals surface area contributed by atoms with E-state index in [9.17, 15) is 9.90 Å². The summed E-state index contributed by atoms with van der Waals surface area (Å²) < 4.78 is 8.20. The molecule has 0 atom stereocenters. The maximum absolute atomic E-state index is 13.3. The van der Waals surface area contributed by atoms with Gasteiger partial charge in [-0.1, -0.05) is 34.8 Å². The fraction of sp³-hybridized carbons (Fsp3) is 0.625. The lowest BCUT2D eigenvalue weighted by Crippen LogP contribution is -2.50. The van der Waals surface area contributed by atoms with Gasteiger partial charge in [0.1, 0.15) is 5.60 Å². The molecule has 1 aliphatic heterocycles. The third kappa shape index (κ3) is 3.82. The number of ether oxygens (including phenoxy) is 1. The lowest BCUT2D eigenvalue weighted by atomic mass is 9.71. The summed E-state index contributed by atoms with van der Waals surface area (Å²) in [4.78, 5) is 13.3. The molecule has 1 amide bonds. The Hall–Kier alpha value is -1.37. The summed E-state index contributed by atoms with van der Waals surface area (Å²) in [5.41, 5.74) is 1.30. The Kier molecular flexibility index (Phi) is 5.44. The predicted molar refractivity (Wildman–Crippen MR) is 121 cm³/mol. The highest BCUT2D eigenvalue weighted by Crippen LogP contribution is 2.47. The van der Waals surface area contributed by atoms with Crippen LogP contribution < -0.4 is 5.32 Å². The molecule has 0 spiro atoms. The van der Waals surface area contributed by atoms with E-state index >= 15 is 0 Å². The molecule has 2 heterocycles. The van der Waals surface area contributed by atoms with Crippen LogP contribution >= 0.6 is 15.9 Å². The number of rotatable bonds is 6. The van der Waals surface area contributed by atoms with Crippen molar-refractivity contribution in [1.82, 2.24) is 9.88 Å². The van der Waals surface area contributed by atoms with Crippen LogP contribution in [-0.2, 0) is 11.3 Å². The summed E-state index contributed by atoms with van der Waals surface area (Å²) in [5, 5.41) is 14.6. The Balaban J connectivity index is 1.35. The van der Waals surface area contributed by atoms with Gasteiger partial charge in [0.05, 0.1) is 18.8 Å². The van der Waals surface area contributed by atoms with Crippen molar-refractivity contribution in [2.75, 3.05) is 19.8 Å². The number of aryl methyl sites for hydroxylation is 1. The second-order valence-corrected chi connectivity index (χ2v) is 10.7. The monoisotopic (exact) mass is 474 g/mol. The van der Waals surface area contributed by atoms with Crippen molar-refractivity contribution in [2.45, 2.75) is 63.5 Å². The van der Waals surface area contributed by atoms with Gasteiger partial charge in [0.25, 0.3) is 5.91 Å². The Labute approximate surface area is 186 Å². The molecule has 5 nitrogen and oxygen atoms in total. The smallest absolute Gasteiger partial charge is 0.253 e. The molecule has 2 bridgehead atoms. The van der Waals surface area contributed by atoms with Crippen molar-refractivity contribution in [2.24, 2.45) is 11.3 Å². The maximum atomic E-state index is 13.3. The molecule has 0 radical (unpaired) electrons. The number of nitrogens with zero attached hydrogens (tertiary/aromatic N) is 1. The molecule has 4 aliphatic rings. The molecule has 1 aromatic heterocycles. The number of carbonyl (C=O) groups excluding carboxylic acids is 1. The van der Waals surface area contributed by atoms with Crippen molar-refractivity contribution >= 4 is 32.7 Å². The van der Waals surface area contributed by atoms with Gasteiger partial charge in [-0.15, -0.1) is 0 Å². The number of benzene rings is 1. The molecule has 6 heteroatoms. The summed E-state index contributed by atoms with van der Waals surface area (Å²) in [5.74, 6) is 0.929. The van der Waals surface area contributed by atoms with Gasteiger partial charge in [-0.3, -0.25) is 4.79 Å². The minimum atomic E-state index is -0.734. The molecule has 2 N–H and O–H groups in total. The molecule has 3 aliphatic carbocycles. The number of carbonyl (C=O) groups is 1. The molecule has 30 heavy (non-hydrogen) atoms. The summed E-state index contributed by atoms with van der Waals surface area (Å²) in [6.45, 7) is 2.23. The van der Waals surface area contributed by atoms with E-state index in [1.165, 1.54) is 44.9 Å². The summed E-state index contributed by atoms with van der Waals surface area (Å²) in [6.07, 6.45) is 11.7. The van der Waals surface area contributed by atoms with E-state index in [1.807, 2.05) is 24.4 Å². The van der Waals surface area contributed by atoms with Crippen LogP contribution in [0.1, 0.15) is 61.7 Å². The van der Waals surface area contributed by atoms with E-state index in [1.54, 1.807) is 0 Å². The quantitative estimate of drug-likeness (QED) is 0.640. The molecule has 1 aromatic carbocycles. The van der Waals surface area contributed by atoms with E-state index in [-0.39, 0.29) is 5.91 Å². The van der Waals surface area contributed by atoms with Crippen LogP contribution in [0.5, 0.6) is 0 Å². The first-order valence-corrected chi connectivity index (χ1v) is 12.1. The van der Waals surface area contributed by atoms with Crippen molar-refractivity contribution in [1.29, 1.82) is 0 Å². The first-order chi connectivity index (χ1) is 14.5. The van der Waals surface area contributed by atoms with Gasteiger partial charge in [0.15, 0.2) is 0 Å². The molecule has 162 valence electrons. The zero-order valence-corrected chi connectivity index (χ0v) is 19.0. The normalized spacial score (nSPS) is 27.6. The van der Waals surface area contributed by atoms with Crippen LogP contribution in [0.25, 0.3) is 10.9 Å². The van der Waals surface area contributed by atoms with Crippen molar-refractivity contribution in [3.8, 4) is 0 Å². The number of fused-ring (bicyclic) bond motifs is 5. The summed E-state index contributed by atoms with van der Waals surface area (Å²) in [6, 6.07) is 6.03. The Morgan fingerprint density at radius 3 is 2.77 bits per heavy atom. The van der Waals surface area contributed by atoms with Gasteiger partial charge >= 0.3 is 0 Å². The number of aromatic nitrogens is 1. The van der Waals surface area contributed by atoms with Crippen molar-refractivity contribution in [3.05, 3.63) is 34.4 Å². The van der Waals surface area contributed by atoms with Crippen LogP contribution in [0, 0.1) is 11.3 Å². The van der Waals surface area contributed by atoms with Crippen LogP contribution in [0.15, 0.2) is 28.9 Å². The first-order valence-electron chi connectivity index (χ1n) is 11.3. The van der Waals surface area contributed by atoms with E-state index < -0.39 is 5.60 Å². The second-order valence-electron chi connectivity index (χ2n) is 9.86. The fourth-order valence-electron chi connectivity index (χ4n) is 5.70. The molecular formula is C24H31BrN2O3. The van der Waals surface area contributed by atoms with Crippen LogP contribution in [-0.4, -0.2) is 40.9 Å². The van der Waals surface area contributed by atoms with Crippen LogP contribution in [0.4, 0.5) is 0 Å². The second kappa shape index (κ2) is 7.95. The lowest BCUT2D eigenvalue weighted by Gasteiger charge is -2.37. The number of hydrogen-bond donors (Lipinski definition) is 2. The van der Waals surface area contributed by atoms with Gasteiger partial charge in [-0.25, -0.2) is 0 Å². The average molecular weight is 475 g/mol. The molecule has 2 aromatic rings. The first kappa shape index (κ1) is 20.5. The van der Waals surface area contributed by atoms with E-state index in [0.29, 0.717) is 37.2 Å². The van der Waals surface area contributed by atoms with Gasteiger partial charge < -0.3 is 19.7 Å². The largest absolute Gasteiger partial charge is 0.385 e. The van der Waals surface area contributed by atoms with Crippen LogP contribution in [0.3, 0.4) is 0 Å². The number of nitrogens with one attached hydrogen (secondary N) is 1. The maximum Gasteiger partial charge on any atom is 0.253 e. The number of amides is 1. The molecule has 1 saturated heterocycles. The highest BCUT2D eigenvalue weighted by molar-refractivity contribution is 9.10. The van der Waals surface area contributed by atoms with Gasteiger partial charge in [0, 0.05) is 34.7 Å². The number of halogens is 1. The molecule has 3 saturated carbocycles. The predicted octanol–water partition coefficient (Wildman–Crippen LogP) is 4.65. The fourth-order valence-corrected chi connectivity index (χ4v) is 6.27. The zero-order valence-electron chi connectivity index (χ0n) is 17.5. The van der Waals surface area contributed by atoms with E-state index in [4.69, 9.17) is 4.74 Å². The Morgan fingerprint density at radius 2 is 2.03 bits per heavy atom. The van der Waals surface area contributed by atoms with E-state index in [0.717, 1.165) is 27.8 Å². The number of hydrogen-bond acceptors (Lipinski definition) is 3.